The van der Waals surface area contributed by atoms with Crippen LogP contribution in [0.15, 0.2) is 84.9 Å². The second-order valence-corrected chi connectivity index (χ2v) is 6.39. The normalized spacial score (nSPS) is 11.5. The van der Waals surface area contributed by atoms with Crippen molar-refractivity contribution in [1.82, 2.24) is 4.90 Å². The van der Waals surface area contributed by atoms with Crippen molar-refractivity contribution in [1.29, 1.82) is 0 Å². The molecule has 4 nitrogen and oxygen atoms in total. The maximum atomic E-state index is 12.8. The molecule has 0 saturated heterocycles. The summed E-state index contributed by atoms with van der Waals surface area (Å²) in [5.41, 5.74) is 3.02. The first kappa shape index (κ1) is 18.5. The third kappa shape index (κ3) is 4.88. The van der Waals surface area contributed by atoms with Gasteiger partial charge < -0.3 is 15.0 Å². The molecular weight excluding hydrogens is 336 g/mol. The lowest BCUT2D eigenvalue weighted by molar-refractivity contribution is 0.204. The van der Waals surface area contributed by atoms with E-state index in [2.05, 4.69) is 17.4 Å². The van der Waals surface area contributed by atoms with Crippen LogP contribution >= 0.6 is 0 Å². The predicted molar refractivity (Wildman–Crippen MR) is 109 cm³/mol. The minimum absolute atomic E-state index is 0.0954. The number of nitrogens with one attached hydrogen (secondary N) is 1. The number of carbonyl (C=O) groups is 1. The molecule has 0 fully saturated rings. The van der Waals surface area contributed by atoms with E-state index in [-0.39, 0.29) is 12.1 Å². The minimum Gasteiger partial charge on any atom is -0.497 e. The van der Waals surface area contributed by atoms with Gasteiger partial charge in [-0.3, -0.25) is 0 Å². The largest absolute Gasteiger partial charge is 0.497 e. The van der Waals surface area contributed by atoms with Gasteiger partial charge in [-0.05, 0) is 41.8 Å². The molecule has 1 N–H and O–H groups in total. The van der Waals surface area contributed by atoms with Crippen LogP contribution < -0.4 is 10.1 Å². The van der Waals surface area contributed by atoms with Crippen molar-refractivity contribution in [2.24, 2.45) is 0 Å². The lowest BCUT2D eigenvalue weighted by Gasteiger charge is -2.29. The molecule has 1 atom stereocenters. The van der Waals surface area contributed by atoms with Gasteiger partial charge in [0, 0.05) is 12.7 Å². The molecular formula is C23H24N2O2. The average Bonchev–Trinajstić information content (AvgIpc) is 2.73. The Labute approximate surface area is 160 Å². The molecule has 0 aromatic heterocycles. The fourth-order valence-corrected chi connectivity index (χ4v) is 3.02. The number of benzene rings is 3. The van der Waals surface area contributed by atoms with Gasteiger partial charge in [-0.2, -0.15) is 0 Å². The Balaban J connectivity index is 1.84. The zero-order valence-electron chi connectivity index (χ0n) is 15.6. The number of ether oxygens (including phenoxy) is 1. The number of likely N-dealkylation sites (N-methyl/N-ethyl adjacent to an activating group) is 1. The zero-order chi connectivity index (χ0) is 19.1. The third-order valence-corrected chi connectivity index (χ3v) is 4.59. The fourth-order valence-electron chi connectivity index (χ4n) is 3.02. The van der Waals surface area contributed by atoms with Crippen LogP contribution in [0.2, 0.25) is 0 Å². The fraction of sp³-hybridized carbons (Fsp3) is 0.174. The second-order valence-electron chi connectivity index (χ2n) is 6.39. The standard InChI is InChI=1S/C23H24N2O2/c1-25(23(26)24-20-11-7-4-8-12-20)22(17-18-9-5-3-6-10-18)19-13-15-21(27-2)16-14-19/h3-16,22H,17H2,1-2H3,(H,24,26)/t22-/m0/s1. The van der Waals surface area contributed by atoms with E-state index >= 15 is 0 Å². The van der Waals surface area contributed by atoms with Crippen LogP contribution in [0.1, 0.15) is 17.2 Å². The van der Waals surface area contributed by atoms with E-state index in [0.717, 1.165) is 23.4 Å². The number of carbonyl (C=O) groups excluding carboxylic acids is 1. The first-order valence-electron chi connectivity index (χ1n) is 8.94. The number of hydrogen-bond acceptors (Lipinski definition) is 2. The summed E-state index contributed by atoms with van der Waals surface area (Å²) in [6.45, 7) is 0. The molecule has 0 aliphatic heterocycles. The van der Waals surface area contributed by atoms with Crippen molar-refractivity contribution in [3.05, 3.63) is 96.1 Å². The van der Waals surface area contributed by atoms with E-state index in [4.69, 9.17) is 4.74 Å². The summed E-state index contributed by atoms with van der Waals surface area (Å²) in [4.78, 5) is 14.6. The highest BCUT2D eigenvalue weighted by atomic mass is 16.5. The number of nitrogens with zero attached hydrogens (tertiary/aromatic N) is 1. The second kappa shape index (κ2) is 8.90. The summed E-state index contributed by atoms with van der Waals surface area (Å²) in [6.07, 6.45) is 0.728. The van der Waals surface area contributed by atoms with Gasteiger partial charge in [-0.1, -0.05) is 60.7 Å². The molecule has 3 rings (SSSR count). The molecule has 3 aromatic rings. The number of para-hydroxylation sites is 1. The van der Waals surface area contributed by atoms with Crippen molar-refractivity contribution in [3.63, 3.8) is 0 Å². The highest BCUT2D eigenvalue weighted by Gasteiger charge is 2.22. The Kier molecular flexibility index (Phi) is 6.10. The van der Waals surface area contributed by atoms with E-state index in [9.17, 15) is 4.79 Å². The Hall–Kier alpha value is -3.27. The van der Waals surface area contributed by atoms with Crippen molar-refractivity contribution in [2.75, 3.05) is 19.5 Å². The van der Waals surface area contributed by atoms with Gasteiger partial charge in [0.1, 0.15) is 5.75 Å². The molecule has 0 aliphatic rings. The smallest absolute Gasteiger partial charge is 0.322 e. The summed E-state index contributed by atoms with van der Waals surface area (Å²) < 4.78 is 5.26. The Morgan fingerprint density at radius 1 is 0.926 bits per heavy atom. The number of amides is 2. The highest BCUT2D eigenvalue weighted by Crippen LogP contribution is 2.26. The topological polar surface area (TPSA) is 41.6 Å². The molecule has 0 radical (unpaired) electrons. The summed E-state index contributed by atoms with van der Waals surface area (Å²) >= 11 is 0. The van der Waals surface area contributed by atoms with Crippen molar-refractivity contribution >= 4 is 11.7 Å². The Bertz CT molecular complexity index is 849. The van der Waals surface area contributed by atoms with E-state index < -0.39 is 0 Å². The van der Waals surface area contributed by atoms with Crippen LogP contribution in [0.4, 0.5) is 10.5 Å². The highest BCUT2D eigenvalue weighted by molar-refractivity contribution is 5.89. The van der Waals surface area contributed by atoms with Crippen molar-refractivity contribution < 1.29 is 9.53 Å². The number of hydrogen-bond donors (Lipinski definition) is 1. The minimum atomic E-state index is -0.141. The zero-order valence-corrected chi connectivity index (χ0v) is 15.6. The third-order valence-electron chi connectivity index (χ3n) is 4.59. The first-order valence-corrected chi connectivity index (χ1v) is 8.94. The summed E-state index contributed by atoms with van der Waals surface area (Å²) in [6, 6.07) is 27.3. The molecule has 4 heteroatoms. The average molecular weight is 360 g/mol. The van der Waals surface area contributed by atoms with Crippen LogP contribution in [-0.2, 0) is 6.42 Å². The van der Waals surface area contributed by atoms with Gasteiger partial charge in [0.05, 0.1) is 13.2 Å². The Morgan fingerprint density at radius 2 is 1.52 bits per heavy atom. The van der Waals surface area contributed by atoms with E-state index in [1.165, 1.54) is 5.56 Å². The van der Waals surface area contributed by atoms with Crippen LogP contribution in [-0.4, -0.2) is 25.1 Å². The molecule has 138 valence electrons. The van der Waals surface area contributed by atoms with Crippen LogP contribution in [0.25, 0.3) is 0 Å². The van der Waals surface area contributed by atoms with Gasteiger partial charge >= 0.3 is 6.03 Å². The lowest BCUT2D eigenvalue weighted by atomic mass is 9.97. The van der Waals surface area contributed by atoms with Gasteiger partial charge in [0.15, 0.2) is 0 Å². The number of urea groups is 1. The van der Waals surface area contributed by atoms with Gasteiger partial charge in [0.25, 0.3) is 0 Å². The van der Waals surface area contributed by atoms with Crippen LogP contribution in [0.5, 0.6) is 5.75 Å². The summed E-state index contributed by atoms with van der Waals surface area (Å²) in [7, 11) is 3.48. The molecule has 0 heterocycles. The lowest BCUT2D eigenvalue weighted by Crippen LogP contribution is -2.36. The maximum absolute atomic E-state index is 12.8. The molecule has 27 heavy (non-hydrogen) atoms. The van der Waals surface area contributed by atoms with E-state index in [0.29, 0.717) is 0 Å². The predicted octanol–water partition coefficient (Wildman–Crippen LogP) is 5.14. The maximum Gasteiger partial charge on any atom is 0.322 e. The molecule has 2 amide bonds. The SMILES string of the molecule is COc1ccc([C@H](Cc2ccccc2)N(C)C(=O)Nc2ccccc2)cc1. The van der Waals surface area contributed by atoms with Gasteiger partial charge in [-0.25, -0.2) is 4.79 Å². The molecule has 0 saturated carbocycles. The van der Waals surface area contributed by atoms with Crippen LogP contribution in [0.3, 0.4) is 0 Å². The molecule has 3 aromatic carbocycles. The summed E-state index contributed by atoms with van der Waals surface area (Å²) in [5, 5.41) is 2.96. The molecule has 0 spiro atoms. The molecule has 0 unspecified atom stereocenters. The number of rotatable bonds is 6. The molecule has 0 aliphatic carbocycles. The number of anilines is 1. The van der Waals surface area contributed by atoms with Crippen LogP contribution in [0, 0.1) is 0 Å². The summed E-state index contributed by atoms with van der Waals surface area (Å²) in [5.74, 6) is 0.800. The Morgan fingerprint density at radius 3 is 2.11 bits per heavy atom. The van der Waals surface area contributed by atoms with Gasteiger partial charge in [0.2, 0.25) is 0 Å². The van der Waals surface area contributed by atoms with E-state index in [1.807, 2.05) is 79.8 Å². The van der Waals surface area contributed by atoms with Crippen molar-refractivity contribution in [3.8, 4) is 5.75 Å². The van der Waals surface area contributed by atoms with E-state index in [1.54, 1.807) is 12.0 Å². The van der Waals surface area contributed by atoms with Crippen molar-refractivity contribution in [2.45, 2.75) is 12.5 Å². The molecule has 0 bridgehead atoms. The monoisotopic (exact) mass is 360 g/mol. The number of methoxy groups -OCH3 is 1. The quantitative estimate of drug-likeness (QED) is 0.661. The van der Waals surface area contributed by atoms with Gasteiger partial charge in [-0.15, -0.1) is 0 Å². The first-order chi connectivity index (χ1) is 13.2.